The van der Waals surface area contributed by atoms with Crippen LogP contribution in [0.5, 0.6) is 5.75 Å². The van der Waals surface area contributed by atoms with Crippen molar-refractivity contribution >= 4 is 29.1 Å². The van der Waals surface area contributed by atoms with E-state index in [1.54, 1.807) is 36.3 Å². The number of benzene rings is 3. The highest BCUT2D eigenvalue weighted by atomic mass is 16.5. The van der Waals surface area contributed by atoms with Gasteiger partial charge in [-0.05, 0) is 36.2 Å². The summed E-state index contributed by atoms with van der Waals surface area (Å²) in [7, 11) is 1.58. The van der Waals surface area contributed by atoms with Crippen LogP contribution in [0.3, 0.4) is 0 Å². The number of rotatable bonds is 6. The van der Waals surface area contributed by atoms with Crippen LogP contribution in [0.4, 0.5) is 26.7 Å². The van der Waals surface area contributed by atoms with Crippen LogP contribution >= 0.6 is 0 Å². The van der Waals surface area contributed by atoms with Crippen LogP contribution in [-0.4, -0.2) is 37.2 Å². The number of methoxy groups -OCH3 is 1. The molecular formula is C25H26N4O3. The number of carbonyl (C=O) groups excluding carboxylic acids is 2. The zero-order valence-corrected chi connectivity index (χ0v) is 18.0. The fraction of sp³-hybridized carbons (Fsp3) is 0.200. The molecule has 7 nitrogen and oxygen atoms in total. The third-order valence-corrected chi connectivity index (χ3v) is 5.30. The maximum Gasteiger partial charge on any atom is 0.324 e. The molecule has 0 unspecified atom stereocenters. The number of hydrogen-bond acceptors (Lipinski definition) is 3. The molecule has 0 saturated carbocycles. The minimum Gasteiger partial charge on any atom is -0.497 e. The normalized spacial score (nSPS) is 13.6. The van der Waals surface area contributed by atoms with Crippen LogP contribution in [0.25, 0.3) is 0 Å². The minimum absolute atomic E-state index is 0.0671. The molecule has 1 heterocycles. The predicted molar refractivity (Wildman–Crippen MR) is 126 cm³/mol. The number of nitrogens with one attached hydrogen (secondary N) is 2. The van der Waals surface area contributed by atoms with Crippen LogP contribution in [0, 0.1) is 0 Å². The Bertz CT molecular complexity index is 1090. The fourth-order valence-electron chi connectivity index (χ4n) is 3.76. The van der Waals surface area contributed by atoms with Gasteiger partial charge < -0.3 is 20.3 Å². The number of hydrogen-bond donors (Lipinski definition) is 2. The molecule has 7 heteroatoms. The molecule has 3 aromatic carbocycles. The highest BCUT2D eigenvalue weighted by Gasteiger charge is 2.28. The van der Waals surface area contributed by atoms with Gasteiger partial charge in [-0.2, -0.15) is 0 Å². The monoisotopic (exact) mass is 430 g/mol. The van der Waals surface area contributed by atoms with E-state index in [4.69, 9.17) is 4.74 Å². The molecule has 0 aliphatic carbocycles. The molecule has 1 saturated heterocycles. The molecule has 4 rings (SSSR count). The van der Waals surface area contributed by atoms with Crippen LogP contribution in [0.15, 0.2) is 78.9 Å². The van der Waals surface area contributed by atoms with Gasteiger partial charge in [0.1, 0.15) is 5.75 Å². The molecule has 1 fully saturated rings. The van der Waals surface area contributed by atoms with Crippen molar-refractivity contribution in [2.45, 2.75) is 13.0 Å². The summed E-state index contributed by atoms with van der Waals surface area (Å²) in [5, 5.41) is 5.68. The van der Waals surface area contributed by atoms with Crippen molar-refractivity contribution in [1.29, 1.82) is 0 Å². The summed E-state index contributed by atoms with van der Waals surface area (Å²) in [6, 6.07) is 24.0. The number of nitrogens with zero attached hydrogens (tertiary/aromatic N) is 2. The summed E-state index contributed by atoms with van der Waals surface area (Å²) >= 11 is 0. The zero-order chi connectivity index (χ0) is 22.3. The number of amides is 4. The van der Waals surface area contributed by atoms with Gasteiger partial charge in [-0.25, -0.2) is 9.59 Å². The molecule has 4 amide bonds. The Hall–Kier alpha value is -4.00. The minimum atomic E-state index is -0.392. The Morgan fingerprint density at radius 2 is 1.72 bits per heavy atom. The number of urea groups is 2. The summed E-state index contributed by atoms with van der Waals surface area (Å²) < 4.78 is 5.20. The fourth-order valence-corrected chi connectivity index (χ4v) is 3.76. The van der Waals surface area contributed by atoms with Gasteiger partial charge in [-0.1, -0.05) is 48.5 Å². The van der Waals surface area contributed by atoms with E-state index in [9.17, 15) is 9.59 Å². The van der Waals surface area contributed by atoms with Crippen molar-refractivity contribution in [2.75, 3.05) is 35.7 Å². The highest BCUT2D eigenvalue weighted by molar-refractivity contribution is 6.04. The number of carbonyl (C=O) groups is 2. The van der Waals surface area contributed by atoms with Gasteiger partial charge in [0.05, 0.1) is 18.5 Å². The Morgan fingerprint density at radius 3 is 2.53 bits per heavy atom. The lowest BCUT2D eigenvalue weighted by molar-refractivity contribution is 0.192. The maximum absolute atomic E-state index is 13.2. The van der Waals surface area contributed by atoms with Gasteiger partial charge in [-0.15, -0.1) is 0 Å². The average Bonchev–Trinajstić information content (AvgIpc) is 2.82. The van der Waals surface area contributed by atoms with Gasteiger partial charge in [0.2, 0.25) is 0 Å². The highest BCUT2D eigenvalue weighted by Crippen LogP contribution is 2.29. The van der Waals surface area contributed by atoms with Crippen molar-refractivity contribution in [3.05, 3.63) is 84.4 Å². The lowest BCUT2D eigenvalue weighted by Crippen LogP contribution is -2.49. The molecule has 0 radical (unpaired) electrons. The zero-order valence-electron chi connectivity index (χ0n) is 18.0. The Morgan fingerprint density at radius 1 is 0.938 bits per heavy atom. The van der Waals surface area contributed by atoms with Crippen molar-refractivity contribution < 1.29 is 14.3 Å². The lowest BCUT2D eigenvalue weighted by Gasteiger charge is -2.36. The smallest absolute Gasteiger partial charge is 0.324 e. The SMILES string of the molecule is COc1cccc(NC(=O)Nc2ccccc2N2CCCN(Cc3ccccc3)C2=O)c1. The van der Waals surface area contributed by atoms with E-state index in [0.29, 0.717) is 42.4 Å². The number of para-hydroxylation sites is 2. The molecule has 2 N–H and O–H groups in total. The van der Waals surface area contributed by atoms with E-state index in [-0.39, 0.29) is 6.03 Å². The van der Waals surface area contributed by atoms with Crippen LogP contribution in [0.1, 0.15) is 12.0 Å². The second kappa shape index (κ2) is 9.87. The van der Waals surface area contributed by atoms with Gasteiger partial charge in [0.25, 0.3) is 0 Å². The van der Waals surface area contributed by atoms with E-state index in [0.717, 1.165) is 12.0 Å². The molecule has 0 atom stereocenters. The Labute approximate surface area is 187 Å². The van der Waals surface area contributed by atoms with Crippen molar-refractivity contribution in [3.8, 4) is 5.75 Å². The molecule has 164 valence electrons. The molecular weight excluding hydrogens is 404 g/mol. The average molecular weight is 431 g/mol. The summed E-state index contributed by atoms with van der Waals surface area (Å²) in [6.07, 6.45) is 0.850. The third kappa shape index (κ3) is 5.00. The second-order valence-corrected chi connectivity index (χ2v) is 7.52. The quantitative estimate of drug-likeness (QED) is 0.566. The molecule has 1 aliphatic rings. The Kier molecular flexibility index (Phi) is 6.55. The standard InChI is InChI=1S/C25H26N4O3/c1-32-21-12-7-11-20(17-21)26-24(30)27-22-13-5-6-14-23(22)29-16-8-15-28(25(29)31)18-19-9-3-2-4-10-19/h2-7,9-14,17H,8,15-16,18H2,1H3,(H2,26,27,30). The first-order chi connectivity index (χ1) is 15.6. The molecule has 1 aliphatic heterocycles. The topological polar surface area (TPSA) is 73.9 Å². The van der Waals surface area contributed by atoms with E-state index in [1.165, 1.54) is 0 Å². The number of anilines is 3. The van der Waals surface area contributed by atoms with Gasteiger partial charge in [-0.3, -0.25) is 4.90 Å². The maximum atomic E-state index is 13.2. The summed E-state index contributed by atoms with van der Waals surface area (Å²) in [5.41, 5.74) is 2.95. The summed E-state index contributed by atoms with van der Waals surface area (Å²) in [4.78, 5) is 29.4. The molecule has 3 aromatic rings. The number of ether oxygens (including phenoxy) is 1. The largest absolute Gasteiger partial charge is 0.497 e. The van der Waals surface area contributed by atoms with E-state index < -0.39 is 6.03 Å². The van der Waals surface area contributed by atoms with Crippen LogP contribution < -0.4 is 20.3 Å². The van der Waals surface area contributed by atoms with Crippen molar-refractivity contribution in [1.82, 2.24) is 4.90 Å². The van der Waals surface area contributed by atoms with Crippen molar-refractivity contribution in [2.24, 2.45) is 0 Å². The molecule has 0 bridgehead atoms. The molecule has 32 heavy (non-hydrogen) atoms. The van der Waals surface area contributed by atoms with Gasteiger partial charge >= 0.3 is 12.1 Å². The molecule has 0 spiro atoms. The van der Waals surface area contributed by atoms with Crippen LogP contribution in [-0.2, 0) is 6.54 Å². The van der Waals surface area contributed by atoms with Gasteiger partial charge in [0, 0.05) is 31.4 Å². The van der Waals surface area contributed by atoms with Crippen LogP contribution in [0.2, 0.25) is 0 Å². The second-order valence-electron chi connectivity index (χ2n) is 7.52. The Balaban J connectivity index is 1.48. The predicted octanol–water partition coefficient (Wildman–Crippen LogP) is 5.17. The first-order valence-corrected chi connectivity index (χ1v) is 10.6. The summed E-state index contributed by atoms with van der Waals surface area (Å²) in [6.45, 7) is 1.86. The third-order valence-electron chi connectivity index (χ3n) is 5.30. The molecule has 0 aromatic heterocycles. The van der Waals surface area contributed by atoms with Gasteiger partial charge in [0.15, 0.2) is 0 Å². The van der Waals surface area contributed by atoms with Crippen molar-refractivity contribution in [3.63, 3.8) is 0 Å². The van der Waals surface area contributed by atoms with E-state index in [2.05, 4.69) is 10.6 Å². The lowest BCUT2D eigenvalue weighted by atomic mass is 10.1. The first-order valence-electron chi connectivity index (χ1n) is 10.6. The summed E-state index contributed by atoms with van der Waals surface area (Å²) in [5.74, 6) is 0.653. The van der Waals surface area contributed by atoms with E-state index >= 15 is 0 Å². The first kappa shape index (κ1) is 21.2. The van der Waals surface area contributed by atoms with E-state index in [1.807, 2.05) is 59.5 Å².